The highest BCUT2D eigenvalue weighted by molar-refractivity contribution is 5.83. The maximum absolute atomic E-state index is 12.9. The van der Waals surface area contributed by atoms with Crippen molar-refractivity contribution in [1.29, 1.82) is 0 Å². The second kappa shape index (κ2) is 7.87. The Morgan fingerprint density at radius 1 is 1.32 bits per heavy atom. The molecule has 0 spiro atoms. The monoisotopic (exact) mass is 397 g/mol. The predicted molar refractivity (Wildman–Crippen MR) is 90.6 cm³/mol. The molecule has 1 aromatic heterocycles. The Kier molecular flexibility index (Phi) is 5.52. The Morgan fingerprint density at radius 2 is 2.11 bits per heavy atom. The van der Waals surface area contributed by atoms with Crippen LogP contribution in [0.25, 0.3) is 0 Å². The molecule has 8 nitrogen and oxygen atoms in total. The number of likely N-dealkylation sites (tertiary alicyclic amines) is 1. The van der Waals surface area contributed by atoms with E-state index in [1.54, 1.807) is 0 Å². The molecule has 11 heteroatoms. The van der Waals surface area contributed by atoms with Gasteiger partial charge in [-0.1, -0.05) is 12.1 Å². The van der Waals surface area contributed by atoms with Crippen LogP contribution in [-0.4, -0.2) is 38.4 Å². The van der Waals surface area contributed by atoms with Gasteiger partial charge in [0.1, 0.15) is 5.82 Å². The first kappa shape index (κ1) is 19.6. The van der Waals surface area contributed by atoms with Crippen molar-refractivity contribution in [3.63, 3.8) is 0 Å². The molecule has 1 saturated heterocycles. The Hall–Kier alpha value is -3.11. The molecule has 2 amide bonds. The lowest BCUT2D eigenvalue weighted by Crippen LogP contribution is -2.45. The minimum atomic E-state index is -4.46. The van der Waals surface area contributed by atoms with Crippen LogP contribution in [0.2, 0.25) is 0 Å². The number of halogens is 3. The third kappa shape index (κ3) is 4.78. The molecule has 1 aliphatic rings. The fraction of sp³-hybridized carbons (Fsp3) is 0.412. The third-order valence-corrected chi connectivity index (χ3v) is 4.48. The standard InChI is InChI=1S/C17H18F3N5O3/c18-17(19,20)12-3-1-2-10(6-12)8-25-9-11(4-5-14(25)26)15(27)21-7-13-22-16(28)24-23-13/h1-3,6,11H,4-5,7-9H2,(H,21,27)(H2,22,23,24,28)/t11-/m0/s1. The van der Waals surface area contributed by atoms with Crippen molar-refractivity contribution in [3.05, 3.63) is 51.7 Å². The highest BCUT2D eigenvalue weighted by atomic mass is 19.4. The molecular weight excluding hydrogens is 379 g/mol. The van der Waals surface area contributed by atoms with Crippen molar-refractivity contribution >= 4 is 11.8 Å². The molecule has 0 aliphatic carbocycles. The normalized spacial score (nSPS) is 17.6. The number of nitrogens with zero attached hydrogens (tertiary/aromatic N) is 2. The van der Waals surface area contributed by atoms with Crippen molar-refractivity contribution in [2.45, 2.75) is 32.1 Å². The summed E-state index contributed by atoms with van der Waals surface area (Å²) in [5.74, 6) is -0.747. The van der Waals surface area contributed by atoms with Crippen LogP contribution in [0.1, 0.15) is 29.8 Å². The van der Waals surface area contributed by atoms with Gasteiger partial charge in [-0.3, -0.25) is 14.6 Å². The van der Waals surface area contributed by atoms with Crippen molar-refractivity contribution in [1.82, 2.24) is 25.4 Å². The van der Waals surface area contributed by atoms with E-state index in [1.165, 1.54) is 17.0 Å². The van der Waals surface area contributed by atoms with Gasteiger partial charge in [0, 0.05) is 19.5 Å². The Balaban J connectivity index is 1.61. The first-order valence-electron chi connectivity index (χ1n) is 8.57. The molecule has 0 radical (unpaired) electrons. The summed E-state index contributed by atoms with van der Waals surface area (Å²) in [6, 6.07) is 4.78. The van der Waals surface area contributed by atoms with Crippen molar-refractivity contribution in [3.8, 4) is 0 Å². The number of benzene rings is 1. The minimum absolute atomic E-state index is 0.000775. The molecule has 3 rings (SSSR count). The predicted octanol–water partition coefficient (Wildman–Crippen LogP) is 1.17. The number of nitrogens with one attached hydrogen (secondary N) is 3. The zero-order chi connectivity index (χ0) is 20.3. The van der Waals surface area contributed by atoms with E-state index in [9.17, 15) is 27.6 Å². The average Bonchev–Trinajstić information content (AvgIpc) is 3.06. The molecule has 0 saturated carbocycles. The highest BCUT2D eigenvalue weighted by Gasteiger charge is 2.32. The molecule has 150 valence electrons. The molecule has 1 fully saturated rings. The smallest absolute Gasteiger partial charge is 0.349 e. The zero-order valence-electron chi connectivity index (χ0n) is 14.7. The van der Waals surface area contributed by atoms with Crippen LogP contribution in [0.15, 0.2) is 29.1 Å². The number of amides is 2. The zero-order valence-corrected chi connectivity index (χ0v) is 14.7. The molecule has 2 aromatic rings. The summed E-state index contributed by atoms with van der Waals surface area (Å²) < 4.78 is 38.6. The van der Waals surface area contributed by atoms with E-state index in [-0.39, 0.29) is 43.7 Å². The van der Waals surface area contributed by atoms with Crippen molar-refractivity contribution < 1.29 is 22.8 Å². The van der Waals surface area contributed by atoms with Crippen LogP contribution in [0.5, 0.6) is 0 Å². The molecule has 2 heterocycles. The van der Waals surface area contributed by atoms with Gasteiger partial charge in [0.25, 0.3) is 0 Å². The van der Waals surface area contributed by atoms with Crippen LogP contribution < -0.4 is 11.0 Å². The lowest BCUT2D eigenvalue weighted by molar-refractivity contribution is -0.139. The lowest BCUT2D eigenvalue weighted by atomic mass is 9.96. The van der Waals surface area contributed by atoms with Gasteiger partial charge in [-0.15, -0.1) is 0 Å². The number of piperidine rings is 1. The third-order valence-electron chi connectivity index (χ3n) is 4.48. The molecule has 0 bridgehead atoms. The molecule has 1 aliphatic heterocycles. The fourth-order valence-electron chi connectivity index (χ4n) is 3.05. The van der Waals surface area contributed by atoms with E-state index >= 15 is 0 Å². The Morgan fingerprint density at radius 3 is 2.79 bits per heavy atom. The highest BCUT2D eigenvalue weighted by Crippen LogP contribution is 2.30. The number of alkyl halides is 3. The number of hydrogen-bond donors (Lipinski definition) is 3. The largest absolute Gasteiger partial charge is 0.416 e. The Bertz CT molecular complexity index is 921. The summed E-state index contributed by atoms with van der Waals surface area (Å²) in [6.07, 6.45) is -3.98. The van der Waals surface area contributed by atoms with Crippen molar-refractivity contribution in [2.75, 3.05) is 6.54 Å². The number of H-pyrrole nitrogens is 2. The number of aromatic nitrogens is 3. The van der Waals surface area contributed by atoms with Gasteiger partial charge in [0.2, 0.25) is 11.8 Å². The van der Waals surface area contributed by atoms with E-state index in [0.29, 0.717) is 12.0 Å². The first-order chi connectivity index (χ1) is 13.2. The topological polar surface area (TPSA) is 111 Å². The van der Waals surface area contributed by atoms with E-state index < -0.39 is 23.3 Å². The summed E-state index contributed by atoms with van der Waals surface area (Å²) in [5, 5.41) is 8.49. The van der Waals surface area contributed by atoms with Gasteiger partial charge in [-0.05, 0) is 24.1 Å². The summed E-state index contributed by atoms with van der Waals surface area (Å²) in [5.41, 5.74) is -0.921. The van der Waals surface area contributed by atoms with Crippen molar-refractivity contribution in [2.24, 2.45) is 5.92 Å². The lowest BCUT2D eigenvalue weighted by Gasteiger charge is -2.32. The second-order valence-corrected chi connectivity index (χ2v) is 6.55. The summed E-state index contributed by atoms with van der Waals surface area (Å²) in [7, 11) is 0. The van der Waals surface area contributed by atoms with Crippen LogP contribution in [0.3, 0.4) is 0 Å². The Labute approximate surface area is 157 Å². The number of rotatable bonds is 5. The van der Waals surface area contributed by atoms with Gasteiger partial charge < -0.3 is 10.2 Å². The molecule has 1 atom stereocenters. The number of carbonyl (C=O) groups excluding carboxylic acids is 2. The van der Waals surface area contributed by atoms with Gasteiger partial charge in [-0.25, -0.2) is 9.89 Å². The van der Waals surface area contributed by atoms with E-state index in [0.717, 1.165) is 12.1 Å². The van der Waals surface area contributed by atoms with Crippen LogP contribution in [0.4, 0.5) is 13.2 Å². The molecular formula is C17H18F3N5O3. The van der Waals surface area contributed by atoms with Gasteiger partial charge in [0.15, 0.2) is 0 Å². The minimum Gasteiger partial charge on any atom is -0.349 e. The van der Waals surface area contributed by atoms with Gasteiger partial charge >= 0.3 is 11.9 Å². The number of carbonyl (C=O) groups is 2. The molecule has 0 unspecified atom stereocenters. The molecule has 1 aromatic carbocycles. The van der Waals surface area contributed by atoms with E-state index in [1.807, 2.05) is 0 Å². The quantitative estimate of drug-likeness (QED) is 0.703. The maximum atomic E-state index is 12.9. The van der Waals surface area contributed by atoms with Gasteiger partial charge in [-0.2, -0.15) is 18.3 Å². The molecule has 28 heavy (non-hydrogen) atoms. The second-order valence-electron chi connectivity index (χ2n) is 6.55. The first-order valence-corrected chi connectivity index (χ1v) is 8.57. The van der Waals surface area contributed by atoms with E-state index in [2.05, 4.69) is 20.5 Å². The molecule has 3 N–H and O–H groups in total. The fourth-order valence-corrected chi connectivity index (χ4v) is 3.05. The number of aromatic amines is 2. The number of hydrogen-bond acceptors (Lipinski definition) is 4. The summed E-state index contributed by atoms with van der Waals surface area (Å²) in [4.78, 5) is 39.3. The maximum Gasteiger partial charge on any atom is 0.416 e. The van der Waals surface area contributed by atoms with Gasteiger partial charge in [0.05, 0.1) is 18.0 Å². The summed E-state index contributed by atoms with van der Waals surface area (Å²) >= 11 is 0. The van der Waals surface area contributed by atoms with E-state index in [4.69, 9.17) is 0 Å². The SMILES string of the molecule is O=C(NCc1n[nH]c(=O)[nH]1)[C@H]1CCC(=O)N(Cc2cccc(C(F)(F)F)c2)C1. The van der Waals surface area contributed by atoms with Crippen LogP contribution in [0, 0.1) is 5.92 Å². The summed E-state index contributed by atoms with van der Waals surface area (Å²) in [6.45, 7) is 0.132. The van der Waals surface area contributed by atoms with Crippen LogP contribution in [-0.2, 0) is 28.9 Å². The average molecular weight is 397 g/mol. The van der Waals surface area contributed by atoms with Crippen LogP contribution >= 0.6 is 0 Å².